The minimum Gasteiger partial charge on any atom is -0.356 e. The van der Waals surface area contributed by atoms with Crippen LogP contribution in [0.3, 0.4) is 0 Å². The van der Waals surface area contributed by atoms with Crippen LogP contribution in [0.2, 0.25) is 0 Å². The molecule has 0 unspecified atom stereocenters. The van der Waals surface area contributed by atoms with Crippen molar-refractivity contribution in [1.29, 1.82) is 0 Å². The standard InChI is InChI=1S/C18H25N5OS.HI/c1-14-23-16(13-25-14)8-10-20-18(19-2)21-11-9-17(24)22-12-15-6-4-3-5-7-15;/h3-7,13H,8-12H2,1-2H3,(H,22,24)(H2,19,20,21);1H. The van der Waals surface area contributed by atoms with Crippen molar-refractivity contribution in [2.24, 2.45) is 4.99 Å². The number of halogens is 1. The van der Waals surface area contributed by atoms with Gasteiger partial charge in [-0.25, -0.2) is 4.98 Å². The molecule has 0 saturated carbocycles. The second kappa shape index (κ2) is 12.6. The number of hydrogen-bond acceptors (Lipinski definition) is 4. The second-order valence-electron chi connectivity index (χ2n) is 5.55. The lowest BCUT2D eigenvalue weighted by Gasteiger charge is -2.11. The number of thiazole rings is 1. The third-order valence-corrected chi connectivity index (χ3v) is 4.36. The van der Waals surface area contributed by atoms with Crippen LogP contribution in [0, 0.1) is 6.92 Å². The minimum atomic E-state index is 0. The molecule has 142 valence electrons. The molecule has 0 bridgehead atoms. The summed E-state index contributed by atoms with van der Waals surface area (Å²) in [7, 11) is 1.72. The van der Waals surface area contributed by atoms with Crippen LogP contribution in [0.1, 0.15) is 22.7 Å². The molecule has 2 rings (SSSR count). The van der Waals surface area contributed by atoms with E-state index in [9.17, 15) is 4.79 Å². The fourth-order valence-electron chi connectivity index (χ4n) is 2.23. The quantitative estimate of drug-likeness (QED) is 0.304. The van der Waals surface area contributed by atoms with E-state index in [2.05, 4.69) is 31.3 Å². The number of amides is 1. The number of nitrogens with one attached hydrogen (secondary N) is 3. The molecule has 0 spiro atoms. The average molecular weight is 487 g/mol. The molecule has 0 aliphatic carbocycles. The minimum absolute atomic E-state index is 0. The van der Waals surface area contributed by atoms with Crippen LogP contribution in [0.5, 0.6) is 0 Å². The monoisotopic (exact) mass is 487 g/mol. The summed E-state index contributed by atoms with van der Waals surface area (Å²) >= 11 is 1.66. The largest absolute Gasteiger partial charge is 0.356 e. The molecular weight excluding hydrogens is 461 g/mol. The number of guanidine groups is 1. The van der Waals surface area contributed by atoms with Gasteiger partial charge in [0.2, 0.25) is 5.91 Å². The molecule has 0 fully saturated rings. The van der Waals surface area contributed by atoms with Crippen LogP contribution < -0.4 is 16.0 Å². The number of aryl methyl sites for hydroxylation is 1. The van der Waals surface area contributed by atoms with Crippen molar-refractivity contribution in [3.8, 4) is 0 Å². The third-order valence-electron chi connectivity index (χ3n) is 3.54. The molecule has 1 aromatic heterocycles. The fraction of sp³-hybridized carbons (Fsp3) is 0.389. The van der Waals surface area contributed by atoms with Crippen LogP contribution in [0.4, 0.5) is 0 Å². The number of carbonyl (C=O) groups is 1. The molecule has 3 N–H and O–H groups in total. The topological polar surface area (TPSA) is 78.4 Å². The number of nitrogens with zero attached hydrogens (tertiary/aromatic N) is 2. The number of carbonyl (C=O) groups excluding carboxylic acids is 1. The van der Waals surface area contributed by atoms with Gasteiger partial charge in [0.05, 0.1) is 10.7 Å². The molecule has 0 aliphatic heterocycles. The van der Waals surface area contributed by atoms with Gasteiger partial charge in [-0.2, -0.15) is 0 Å². The van der Waals surface area contributed by atoms with Gasteiger partial charge in [-0.3, -0.25) is 9.79 Å². The van der Waals surface area contributed by atoms with E-state index in [-0.39, 0.29) is 29.9 Å². The molecule has 0 radical (unpaired) electrons. The molecule has 6 nitrogen and oxygen atoms in total. The summed E-state index contributed by atoms with van der Waals surface area (Å²) in [6.45, 7) is 3.85. The molecule has 2 aromatic rings. The van der Waals surface area contributed by atoms with E-state index < -0.39 is 0 Å². The van der Waals surface area contributed by atoms with Gasteiger partial charge in [0.15, 0.2) is 5.96 Å². The van der Waals surface area contributed by atoms with Gasteiger partial charge in [-0.1, -0.05) is 30.3 Å². The zero-order valence-electron chi connectivity index (χ0n) is 15.1. The van der Waals surface area contributed by atoms with Gasteiger partial charge in [0.1, 0.15) is 0 Å². The van der Waals surface area contributed by atoms with Crippen molar-refractivity contribution in [1.82, 2.24) is 20.9 Å². The van der Waals surface area contributed by atoms with E-state index in [1.807, 2.05) is 37.3 Å². The number of aliphatic imine (C=N–C) groups is 1. The van der Waals surface area contributed by atoms with Crippen molar-refractivity contribution < 1.29 is 4.79 Å². The lowest BCUT2D eigenvalue weighted by molar-refractivity contribution is -0.121. The van der Waals surface area contributed by atoms with Gasteiger partial charge in [-0.15, -0.1) is 35.3 Å². The first-order chi connectivity index (χ1) is 12.2. The summed E-state index contributed by atoms with van der Waals surface area (Å²) in [5.41, 5.74) is 2.18. The molecule has 0 saturated heterocycles. The zero-order chi connectivity index (χ0) is 17.9. The lowest BCUT2D eigenvalue weighted by Crippen LogP contribution is -2.40. The summed E-state index contributed by atoms with van der Waals surface area (Å²) in [5, 5.41) is 12.4. The summed E-state index contributed by atoms with van der Waals surface area (Å²) in [6.07, 6.45) is 1.25. The molecule has 1 amide bonds. The van der Waals surface area contributed by atoms with E-state index in [1.54, 1.807) is 18.4 Å². The Hall–Kier alpha value is -1.68. The van der Waals surface area contributed by atoms with Gasteiger partial charge in [0.25, 0.3) is 0 Å². The van der Waals surface area contributed by atoms with E-state index in [1.165, 1.54) is 0 Å². The number of rotatable bonds is 8. The SMILES string of the molecule is CN=C(NCCC(=O)NCc1ccccc1)NCCc1csc(C)n1.I. The van der Waals surface area contributed by atoms with Crippen LogP contribution in [0.15, 0.2) is 40.7 Å². The van der Waals surface area contributed by atoms with Crippen molar-refractivity contribution in [3.05, 3.63) is 52.0 Å². The van der Waals surface area contributed by atoms with E-state index in [4.69, 9.17) is 0 Å². The molecule has 1 aromatic carbocycles. The maximum absolute atomic E-state index is 11.9. The van der Waals surface area contributed by atoms with Crippen LogP contribution in [-0.4, -0.2) is 37.0 Å². The fourth-order valence-corrected chi connectivity index (χ4v) is 2.88. The summed E-state index contributed by atoms with van der Waals surface area (Å²) in [4.78, 5) is 20.5. The highest BCUT2D eigenvalue weighted by Crippen LogP contribution is 2.07. The molecular formula is C18H26IN5OS. The van der Waals surface area contributed by atoms with Crippen molar-refractivity contribution in [2.45, 2.75) is 26.3 Å². The highest BCUT2D eigenvalue weighted by Gasteiger charge is 2.03. The Morgan fingerprint density at radius 1 is 1.15 bits per heavy atom. The van der Waals surface area contributed by atoms with E-state index in [0.29, 0.717) is 25.5 Å². The maximum atomic E-state index is 11.9. The number of benzene rings is 1. The smallest absolute Gasteiger partial charge is 0.222 e. The second-order valence-corrected chi connectivity index (χ2v) is 6.61. The van der Waals surface area contributed by atoms with Crippen molar-refractivity contribution in [3.63, 3.8) is 0 Å². The molecule has 0 atom stereocenters. The number of hydrogen-bond donors (Lipinski definition) is 3. The molecule has 8 heteroatoms. The average Bonchev–Trinajstić information content (AvgIpc) is 3.04. The van der Waals surface area contributed by atoms with Crippen molar-refractivity contribution in [2.75, 3.05) is 20.1 Å². The lowest BCUT2D eigenvalue weighted by atomic mass is 10.2. The van der Waals surface area contributed by atoms with Gasteiger partial charge >= 0.3 is 0 Å². The highest BCUT2D eigenvalue weighted by atomic mass is 127. The first kappa shape index (κ1) is 22.4. The first-order valence-electron chi connectivity index (χ1n) is 8.33. The molecule has 0 aliphatic rings. The summed E-state index contributed by atoms with van der Waals surface area (Å²) < 4.78 is 0. The van der Waals surface area contributed by atoms with Crippen LogP contribution >= 0.6 is 35.3 Å². The predicted octanol–water partition coefficient (Wildman–Crippen LogP) is 2.48. The van der Waals surface area contributed by atoms with Gasteiger partial charge in [-0.05, 0) is 12.5 Å². The van der Waals surface area contributed by atoms with E-state index in [0.717, 1.165) is 29.2 Å². The normalized spacial score (nSPS) is 10.8. The Morgan fingerprint density at radius 3 is 2.54 bits per heavy atom. The Kier molecular flexibility index (Phi) is 10.9. The van der Waals surface area contributed by atoms with Gasteiger partial charge in [0, 0.05) is 44.9 Å². The summed E-state index contributed by atoms with van der Waals surface area (Å²) in [6, 6.07) is 9.88. The maximum Gasteiger partial charge on any atom is 0.222 e. The van der Waals surface area contributed by atoms with Crippen molar-refractivity contribution >= 4 is 47.2 Å². The van der Waals surface area contributed by atoms with Crippen LogP contribution in [0.25, 0.3) is 0 Å². The van der Waals surface area contributed by atoms with E-state index >= 15 is 0 Å². The Bertz CT molecular complexity index is 690. The highest BCUT2D eigenvalue weighted by molar-refractivity contribution is 14.0. The Labute approximate surface area is 175 Å². The Morgan fingerprint density at radius 2 is 1.88 bits per heavy atom. The number of aromatic nitrogens is 1. The Balaban J connectivity index is 0.00000338. The first-order valence-corrected chi connectivity index (χ1v) is 9.21. The predicted molar refractivity (Wildman–Crippen MR) is 118 cm³/mol. The van der Waals surface area contributed by atoms with Crippen LogP contribution in [-0.2, 0) is 17.8 Å². The third kappa shape index (κ3) is 8.61. The zero-order valence-corrected chi connectivity index (χ0v) is 18.3. The summed E-state index contributed by atoms with van der Waals surface area (Å²) in [5.74, 6) is 0.715. The molecule has 1 heterocycles. The molecule has 26 heavy (non-hydrogen) atoms. The van der Waals surface area contributed by atoms with Gasteiger partial charge < -0.3 is 16.0 Å².